The van der Waals surface area contributed by atoms with Gasteiger partial charge in [0, 0.05) is 7.27 Å². The van der Waals surface area contributed by atoms with Gasteiger partial charge in [0.15, 0.2) is 0 Å². The van der Waals surface area contributed by atoms with Crippen LogP contribution >= 0.6 is 18.5 Å². The Labute approximate surface area is 86.9 Å². The molecule has 2 heteroatoms. The molecule has 13 heavy (non-hydrogen) atoms. The number of unbranched alkanes of at least 4 members (excludes halogenated alkanes) is 2. The Balaban J connectivity index is 2.35. The summed E-state index contributed by atoms with van der Waals surface area (Å²) < 4.78 is 0. The summed E-state index contributed by atoms with van der Waals surface area (Å²) in [5, 5.41) is 1.32. The van der Waals surface area contributed by atoms with Gasteiger partial charge in [-0.3, -0.25) is 0 Å². The molecule has 0 saturated carbocycles. The van der Waals surface area contributed by atoms with Crippen molar-refractivity contribution in [1.82, 2.24) is 0 Å². The molecule has 1 aromatic rings. The Morgan fingerprint density at radius 1 is 1.15 bits per heavy atom. The molecule has 0 amide bonds. The topological polar surface area (TPSA) is 0 Å². The van der Waals surface area contributed by atoms with Crippen LogP contribution in [0.25, 0.3) is 0 Å². The highest BCUT2D eigenvalue weighted by molar-refractivity contribution is 7.89. The van der Waals surface area contributed by atoms with Gasteiger partial charge in [0.2, 0.25) is 0 Å². The summed E-state index contributed by atoms with van der Waals surface area (Å²) >= 11 is 6.31. The molecule has 0 radical (unpaired) electrons. The fraction of sp³-hybridized carbons (Fsp3) is 0.455. The first-order valence-corrected chi connectivity index (χ1v) is 7.26. The van der Waals surface area contributed by atoms with E-state index >= 15 is 0 Å². The molecule has 1 atom stereocenters. The Morgan fingerprint density at radius 3 is 2.46 bits per heavy atom. The summed E-state index contributed by atoms with van der Waals surface area (Å²) in [7, 11) is -0.415. The van der Waals surface area contributed by atoms with Gasteiger partial charge in [-0.1, -0.05) is 61.3 Å². The molecule has 1 unspecified atom stereocenters. The number of benzene rings is 1. The van der Waals surface area contributed by atoms with Crippen molar-refractivity contribution in [1.29, 1.82) is 0 Å². The average molecular weight is 215 g/mol. The van der Waals surface area contributed by atoms with Gasteiger partial charge in [0.25, 0.3) is 0 Å². The minimum absolute atomic E-state index is 0.415. The zero-order chi connectivity index (χ0) is 9.52. The van der Waals surface area contributed by atoms with E-state index in [1.54, 1.807) is 0 Å². The zero-order valence-electron chi connectivity index (χ0n) is 8.04. The smallest absolute Gasteiger partial charge is 0.0212 e. The van der Waals surface area contributed by atoms with Gasteiger partial charge >= 0.3 is 0 Å². The summed E-state index contributed by atoms with van der Waals surface area (Å²) in [4.78, 5) is 0. The van der Waals surface area contributed by atoms with Crippen LogP contribution in [0.15, 0.2) is 30.3 Å². The van der Waals surface area contributed by atoms with Crippen LogP contribution in [0.5, 0.6) is 0 Å². The van der Waals surface area contributed by atoms with Crippen molar-refractivity contribution in [2.45, 2.75) is 26.2 Å². The van der Waals surface area contributed by atoms with E-state index in [9.17, 15) is 0 Å². The fourth-order valence-electron chi connectivity index (χ4n) is 1.22. The molecule has 0 aliphatic carbocycles. The van der Waals surface area contributed by atoms with Crippen LogP contribution in [-0.4, -0.2) is 6.16 Å². The van der Waals surface area contributed by atoms with Crippen LogP contribution in [0.2, 0.25) is 0 Å². The van der Waals surface area contributed by atoms with E-state index in [1.807, 2.05) is 6.07 Å². The first kappa shape index (κ1) is 11.0. The second kappa shape index (κ2) is 6.40. The van der Waals surface area contributed by atoms with Crippen LogP contribution in [-0.2, 0) is 0 Å². The van der Waals surface area contributed by atoms with Crippen molar-refractivity contribution in [2.75, 3.05) is 6.16 Å². The van der Waals surface area contributed by atoms with Crippen LogP contribution in [0.3, 0.4) is 0 Å². The minimum atomic E-state index is -0.415. The molecule has 0 aromatic heterocycles. The van der Waals surface area contributed by atoms with Gasteiger partial charge in [-0.05, 0) is 17.9 Å². The van der Waals surface area contributed by atoms with Gasteiger partial charge in [-0.15, -0.1) is 0 Å². The molecule has 1 aromatic carbocycles. The Morgan fingerprint density at radius 2 is 1.85 bits per heavy atom. The zero-order valence-corrected chi connectivity index (χ0v) is 9.69. The number of halogens is 1. The first-order chi connectivity index (χ1) is 6.34. The second-order valence-corrected chi connectivity index (χ2v) is 6.04. The number of hydrogen-bond acceptors (Lipinski definition) is 0. The van der Waals surface area contributed by atoms with E-state index < -0.39 is 7.27 Å². The summed E-state index contributed by atoms with van der Waals surface area (Å²) in [5.41, 5.74) is 0. The summed E-state index contributed by atoms with van der Waals surface area (Å²) in [6.07, 6.45) is 5.00. The lowest BCUT2D eigenvalue weighted by Gasteiger charge is -2.08. The molecule has 0 spiro atoms. The van der Waals surface area contributed by atoms with Crippen molar-refractivity contribution >= 4 is 23.8 Å². The Bertz CT molecular complexity index is 223. The molecular formula is C11H16ClP. The van der Waals surface area contributed by atoms with E-state index in [0.717, 1.165) is 6.16 Å². The third-order valence-electron chi connectivity index (χ3n) is 1.99. The fourth-order valence-corrected chi connectivity index (χ4v) is 3.17. The quantitative estimate of drug-likeness (QED) is 0.511. The minimum Gasteiger partial charge on any atom is -0.0912 e. The highest BCUT2D eigenvalue weighted by Crippen LogP contribution is 2.40. The highest BCUT2D eigenvalue weighted by Gasteiger charge is 2.05. The second-order valence-electron chi connectivity index (χ2n) is 3.13. The maximum absolute atomic E-state index is 6.31. The normalized spacial score (nSPS) is 12.8. The van der Waals surface area contributed by atoms with Gasteiger partial charge < -0.3 is 0 Å². The van der Waals surface area contributed by atoms with Crippen molar-refractivity contribution in [3.8, 4) is 0 Å². The molecule has 72 valence electrons. The van der Waals surface area contributed by atoms with E-state index in [-0.39, 0.29) is 0 Å². The first-order valence-electron chi connectivity index (χ1n) is 4.83. The third-order valence-corrected chi connectivity index (χ3v) is 4.65. The van der Waals surface area contributed by atoms with E-state index in [0.29, 0.717) is 0 Å². The molecule has 0 fully saturated rings. The summed E-state index contributed by atoms with van der Waals surface area (Å²) in [6.45, 7) is 2.22. The number of hydrogen-bond donors (Lipinski definition) is 0. The monoisotopic (exact) mass is 214 g/mol. The predicted octanol–water partition coefficient (Wildman–Crippen LogP) is 4.14. The Kier molecular flexibility index (Phi) is 5.43. The molecule has 0 N–H and O–H groups in total. The molecular weight excluding hydrogens is 199 g/mol. The van der Waals surface area contributed by atoms with E-state index in [1.165, 1.54) is 24.6 Å². The van der Waals surface area contributed by atoms with Crippen molar-refractivity contribution in [3.05, 3.63) is 30.3 Å². The third kappa shape index (κ3) is 4.11. The Hall–Kier alpha value is -0.0600. The molecule has 0 bridgehead atoms. The molecule has 0 aliphatic rings. The molecule has 1 rings (SSSR count). The van der Waals surface area contributed by atoms with Gasteiger partial charge in [-0.25, -0.2) is 0 Å². The average Bonchev–Trinajstić information content (AvgIpc) is 2.19. The van der Waals surface area contributed by atoms with Crippen LogP contribution < -0.4 is 5.30 Å². The highest BCUT2D eigenvalue weighted by atomic mass is 35.7. The summed E-state index contributed by atoms with van der Waals surface area (Å²) in [5.74, 6) is 0. The van der Waals surface area contributed by atoms with Crippen LogP contribution in [0, 0.1) is 0 Å². The lowest BCUT2D eigenvalue weighted by Crippen LogP contribution is -1.98. The van der Waals surface area contributed by atoms with Gasteiger partial charge in [0.1, 0.15) is 0 Å². The molecule has 0 aliphatic heterocycles. The van der Waals surface area contributed by atoms with Gasteiger partial charge in [0.05, 0.1) is 0 Å². The molecule has 0 saturated heterocycles. The largest absolute Gasteiger partial charge is 0.0912 e. The maximum atomic E-state index is 6.31. The van der Waals surface area contributed by atoms with E-state index in [4.69, 9.17) is 11.2 Å². The number of rotatable bonds is 5. The standard InChI is InChI=1S/C11H16ClP/c1-2-3-7-10-13(12)11-8-5-4-6-9-11/h4-6,8-9H,2-3,7,10H2,1H3. The van der Waals surface area contributed by atoms with Crippen molar-refractivity contribution in [3.63, 3.8) is 0 Å². The molecule has 0 nitrogen and oxygen atoms in total. The van der Waals surface area contributed by atoms with Gasteiger partial charge in [-0.2, -0.15) is 0 Å². The lowest BCUT2D eigenvalue weighted by molar-refractivity contribution is 0.777. The SMILES string of the molecule is CCCCCP(Cl)c1ccccc1. The maximum Gasteiger partial charge on any atom is 0.0212 e. The predicted molar refractivity (Wildman–Crippen MR) is 63.2 cm³/mol. The molecule has 0 heterocycles. The lowest BCUT2D eigenvalue weighted by atomic mass is 10.3. The van der Waals surface area contributed by atoms with Crippen molar-refractivity contribution < 1.29 is 0 Å². The van der Waals surface area contributed by atoms with Crippen LogP contribution in [0.1, 0.15) is 26.2 Å². The summed E-state index contributed by atoms with van der Waals surface area (Å²) in [6, 6.07) is 10.4. The van der Waals surface area contributed by atoms with E-state index in [2.05, 4.69) is 31.2 Å². The van der Waals surface area contributed by atoms with Crippen LogP contribution in [0.4, 0.5) is 0 Å². The van der Waals surface area contributed by atoms with Crippen molar-refractivity contribution in [2.24, 2.45) is 0 Å².